The zero-order valence-corrected chi connectivity index (χ0v) is 16.5. The number of sulfonamides is 1. The van der Waals surface area contributed by atoms with Crippen molar-refractivity contribution >= 4 is 50.2 Å². The minimum atomic E-state index is -3.72. The average molecular weight is 437 g/mol. The Labute approximate surface area is 169 Å². The number of amides is 1. The smallest absolute Gasteiger partial charge is 0.271 e. The van der Waals surface area contributed by atoms with Crippen LogP contribution >= 0.6 is 22.9 Å². The fourth-order valence-corrected chi connectivity index (χ4v) is 5.06. The van der Waals surface area contributed by atoms with E-state index < -0.39 is 10.0 Å². The highest BCUT2D eigenvalue weighted by atomic mass is 35.5. The molecule has 0 spiro atoms. The van der Waals surface area contributed by atoms with E-state index >= 15 is 0 Å². The molecule has 144 valence electrons. The molecule has 1 aliphatic heterocycles. The van der Waals surface area contributed by atoms with Crippen LogP contribution in [0.4, 0.5) is 11.4 Å². The van der Waals surface area contributed by atoms with Gasteiger partial charge in [0.15, 0.2) is 11.5 Å². The van der Waals surface area contributed by atoms with Crippen molar-refractivity contribution in [3.05, 3.63) is 64.5 Å². The van der Waals surface area contributed by atoms with Crippen LogP contribution in [0, 0.1) is 0 Å². The molecule has 4 rings (SSSR count). The SMILES string of the molecule is O=C(Nc1ccc2c(c1)OCO2)c1ccc(NS(=O)(=O)c2ccc(Cl)s2)cc1. The third-order valence-electron chi connectivity index (χ3n) is 3.84. The molecule has 0 saturated carbocycles. The summed E-state index contributed by atoms with van der Waals surface area (Å²) in [7, 11) is -3.72. The molecule has 0 aliphatic carbocycles. The minimum absolute atomic E-state index is 0.113. The Bertz CT molecular complexity index is 1140. The molecule has 0 radical (unpaired) electrons. The summed E-state index contributed by atoms with van der Waals surface area (Å²) in [5.41, 5.74) is 1.28. The first-order valence-electron chi connectivity index (χ1n) is 8.00. The lowest BCUT2D eigenvalue weighted by Crippen LogP contribution is -2.13. The van der Waals surface area contributed by atoms with E-state index in [4.69, 9.17) is 21.1 Å². The monoisotopic (exact) mass is 436 g/mol. The molecule has 7 nitrogen and oxygen atoms in total. The van der Waals surface area contributed by atoms with Gasteiger partial charge in [-0.05, 0) is 48.5 Å². The first-order valence-corrected chi connectivity index (χ1v) is 10.7. The molecule has 1 amide bonds. The van der Waals surface area contributed by atoms with E-state index in [0.717, 1.165) is 11.3 Å². The molecule has 28 heavy (non-hydrogen) atoms. The second kappa shape index (κ2) is 7.34. The van der Waals surface area contributed by atoms with E-state index in [2.05, 4.69) is 10.0 Å². The topological polar surface area (TPSA) is 93.7 Å². The van der Waals surface area contributed by atoms with Gasteiger partial charge in [0.05, 0.1) is 4.34 Å². The lowest BCUT2D eigenvalue weighted by atomic mass is 10.2. The lowest BCUT2D eigenvalue weighted by molar-refractivity contribution is 0.102. The number of hydrogen-bond donors (Lipinski definition) is 2. The molecule has 2 heterocycles. The maximum absolute atomic E-state index is 12.4. The summed E-state index contributed by atoms with van der Waals surface area (Å²) in [5, 5.41) is 2.76. The molecule has 0 atom stereocenters. The van der Waals surface area contributed by atoms with Crippen LogP contribution in [0.15, 0.2) is 58.8 Å². The summed E-state index contributed by atoms with van der Waals surface area (Å²) in [5.74, 6) is 0.858. The van der Waals surface area contributed by atoms with Crippen molar-refractivity contribution in [1.29, 1.82) is 0 Å². The van der Waals surface area contributed by atoms with Crippen molar-refractivity contribution in [2.45, 2.75) is 4.21 Å². The van der Waals surface area contributed by atoms with Crippen LogP contribution in [0.5, 0.6) is 11.5 Å². The van der Waals surface area contributed by atoms with Gasteiger partial charge in [-0.25, -0.2) is 8.42 Å². The summed E-state index contributed by atoms with van der Waals surface area (Å²) in [6.45, 7) is 0.155. The van der Waals surface area contributed by atoms with E-state index in [-0.39, 0.29) is 16.9 Å². The lowest BCUT2D eigenvalue weighted by Gasteiger charge is -2.08. The van der Waals surface area contributed by atoms with E-state index in [1.807, 2.05) is 0 Å². The van der Waals surface area contributed by atoms with Crippen molar-refractivity contribution in [1.82, 2.24) is 0 Å². The van der Waals surface area contributed by atoms with Crippen LogP contribution < -0.4 is 19.5 Å². The number of hydrogen-bond acceptors (Lipinski definition) is 6. The third kappa shape index (κ3) is 3.91. The van der Waals surface area contributed by atoms with Crippen molar-refractivity contribution in [3.8, 4) is 11.5 Å². The molecule has 0 saturated heterocycles. The maximum atomic E-state index is 12.4. The minimum Gasteiger partial charge on any atom is -0.454 e. The fraction of sp³-hybridized carbons (Fsp3) is 0.0556. The first kappa shape index (κ1) is 18.6. The van der Waals surface area contributed by atoms with E-state index in [0.29, 0.717) is 32.8 Å². The van der Waals surface area contributed by atoms with Crippen molar-refractivity contribution in [2.75, 3.05) is 16.8 Å². The van der Waals surface area contributed by atoms with Gasteiger partial charge in [0.25, 0.3) is 15.9 Å². The summed E-state index contributed by atoms with van der Waals surface area (Å²) < 4.78 is 38.1. The van der Waals surface area contributed by atoms with Crippen LogP contribution in [0.3, 0.4) is 0 Å². The quantitative estimate of drug-likeness (QED) is 0.625. The number of ether oxygens (including phenoxy) is 2. The van der Waals surface area contributed by atoms with Crippen LogP contribution in [0.25, 0.3) is 0 Å². The summed E-state index contributed by atoms with van der Waals surface area (Å²) in [6, 6.07) is 14.1. The van der Waals surface area contributed by atoms with E-state index in [9.17, 15) is 13.2 Å². The van der Waals surface area contributed by atoms with Gasteiger partial charge in [-0.15, -0.1) is 11.3 Å². The van der Waals surface area contributed by atoms with E-state index in [1.54, 1.807) is 18.2 Å². The van der Waals surface area contributed by atoms with Crippen molar-refractivity contribution in [2.24, 2.45) is 0 Å². The zero-order chi connectivity index (χ0) is 19.7. The maximum Gasteiger partial charge on any atom is 0.271 e. The van der Waals surface area contributed by atoms with Crippen molar-refractivity contribution in [3.63, 3.8) is 0 Å². The predicted octanol–water partition coefficient (Wildman–Crippen LogP) is 4.18. The van der Waals surface area contributed by atoms with Gasteiger partial charge in [-0.2, -0.15) is 0 Å². The number of halogens is 1. The highest BCUT2D eigenvalue weighted by molar-refractivity contribution is 7.94. The summed E-state index contributed by atoms with van der Waals surface area (Å²) >= 11 is 6.75. The molecular weight excluding hydrogens is 424 g/mol. The van der Waals surface area contributed by atoms with Crippen LogP contribution in [0.2, 0.25) is 4.34 Å². The Morgan fingerprint density at radius 3 is 2.39 bits per heavy atom. The van der Waals surface area contributed by atoms with Gasteiger partial charge in [0.1, 0.15) is 4.21 Å². The Morgan fingerprint density at radius 1 is 0.964 bits per heavy atom. The largest absolute Gasteiger partial charge is 0.454 e. The Balaban J connectivity index is 1.44. The Hall–Kier alpha value is -2.75. The molecule has 2 aromatic carbocycles. The number of nitrogens with one attached hydrogen (secondary N) is 2. The summed E-state index contributed by atoms with van der Waals surface area (Å²) in [4.78, 5) is 12.4. The molecular formula is C18H13ClN2O5S2. The molecule has 0 fully saturated rings. The average Bonchev–Trinajstić information content (AvgIpc) is 3.30. The highest BCUT2D eigenvalue weighted by Crippen LogP contribution is 2.34. The van der Waals surface area contributed by atoms with Crippen molar-refractivity contribution < 1.29 is 22.7 Å². The van der Waals surface area contributed by atoms with Crippen LogP contribution in [-0.4, -0.2) is 21.1 Å². The van der Waals surface area contributed by atoms with Gasteiger partial charge in [0.2, 0.25) is 6.79 Å². The van der Waals surface area contributed by atoms with E-state index in [1.165, 1.54) is 36.4 Å². The number of benzene rings is 2. The van der Waals surface area contributed by atoms with Gasteiger partial charge < -0.3 is 14.8 Å². The molecule has 0 unspecified atom stereocenters. The first-order chi connectivity index (χ1) is 13.4. The number of carbonyl (C=O) groups is 1. The standard InChI is InChI=1S/C18H13ClN2O5S2/c19-16-7-8-17(27-16)28(23,24)21-12-3-1-11(2-4-12)18(22)20-13-5-6-14-15(9-13)26-10-25-14/h1-9,21H,10H2,(H,20,22). The van der Waals surface area contributed by atoms with Gasteiger partial charge in [-0.3, -0.25) is 9.52 Å². The number of carbonyl (C=O) groups excluding carboxylic acids is 1. The second-order valence-corrected chi connectivity index (χ2v) is 9.39. The fourth-order valence-electron chi connectivity index (χ4n) is 2.51. The molecule has 3 aromatic rings. The van der Waals surface area contributed by atoms with Crippen LogP contribution in [-0.2, 0) is 10.0 Å². The Kier molecular flexibility index (Phi) is 4.88. The molecule has 1 aromatic heterocycles. The normalized spacial score (nSPS) is 12.6. The number of thiophene rings is 1. The Morgan fingerprint density at radius 2 is 1.68 bits per heavy atom. The number of fused-ring (bicyclic) bond motifs is 1. The van der Waals surface area contributed by atoms with Gasteiger partial charge in [-0.1, -0.05) is 11.6 Å². The zero-order valence-electron chi connectivity index (χ0n) is 14.1. The molecule has 2 N–H and O–H groups in total. The van der Waals surface area contributed by atoms with Gasteiger partial charge in [0, 0.05) is 23.0 Å². The highest BCUT2D eigenvalue weighted by Gasteiger charge is 2.17. The molecule has 0 bridgehead atoms. The molecule has 10 heteroatoms. The number of anilines is 2. The predicted molar refractivity (Wildman–Crippen MR) is 107 cm³/mol. The third-order valence-corrected chi connectivity index (χ3v) is 6.95. The number of rotatable bonds is 5. The van der Waals surface area contributed by atoms with Gasteiger partial charge >= 0.3 is 0 Å². The second-order valence-electron chi connectivity index (χ2n) is 5.76. The summed E-state index contributed by atoms with van der Waals surface area (Å²) in [6.07, 6.45) is 0. The molecule has 1 aliphatic rings. The van der Waals surface area contributed by atoms with Crippen LogP contribution in [0.1, 0.15) is 10.4 Å².